The Kier molecular flexibility index (Phi) is 2.23. The molecule has 2 rings (SSSR count). The molecule has 0 aromatic carbocycles. The van der Waals surface area contributed by atoms with Gasteiger partial charge >= 0.3 is 0 Å². The molecule has 0 amide bonds. The van der Waals surface area contributed by atoms with Gasteiger partial charge in [0.25, 0.3) is 0 Å². The van der Waals surface area contributed by atoms with Crippen LogP contribution in [0.3, 0.4) is 0 Å². The van der Waals surface area contributed by atoms with Gasteiger partial charge in [0.05, 0.1) is 5.69 Å². The number of Topliss-reactive ketones (excluding diaryl/α,β-unsaturated/α-hetero) is 1. The van der Waals surface area contributed by atoms with E-state index in [0.717, 1.165) is 29.8 Å². The molecular weight excluding hydrogens is 176 g/mol. The smallest absolute Gasteiger partial charge is 0.160 e. The van der Waals surface area contributed by atoms with Gasteiger partial charge in [-0.15, -0.1) is 0 Å². The van der Waals surface area contributed by atoms with Gasteiger partial charge in [0.1, 0.15) is 0 Å². The molecule has 0 bridgehead atoms. The van der Waals surface area contributed by atoms with E-state index in [2.05, 4.69) is 5.10 Å². The monoisotopic (exact) mass is 190 g/mol. The van der Waals surface area contributed by atoms with E-state index in [0.29, 0.717) is 6.42 Å². The van der Waals surface area contributed by atoms with Gasteiger partial charge in [-0.3, -0.25) is 4.79 Å². The highest BCUT2D eigenvalue weighted by Gasteiger charge is 2.18. The normalized spacial score (nSPS) is 17.7. The summed E-state index contributed by atoms with van der Waals surface area (Å²) in [4.78, 5) is 11.5. The highest BCUT2D eigenvalue weighted by molar-refractivity contribution is 6.00. The number of hydrogen-bond acceptors (Lipinski definition) is 2. The molecule has 1 heterocycles. The first-order valence-corrected chi connectivity index (χ1v) is 4.94. The van der Waals surface area contributed by atoms with E-state index in [1.54, 1.807) is 0 Å². The molecule has 0 saturated carbocycles. The molecule has 0 N–H and O–H groups in total. The van der Waals surface area contributed by atoms with Crippen LogP contribution in [0.4, 0.5) is 0 Å². The largest absolute Gasteiger partial charge is 0.294 e. The van der Waals surface area contributed by atoms with E-state index in [4.69, 9.17) is 0 Å². The molecule has 14 heavy (non-hydrogen) atoms. The number of aryl methyl sites for hydroxylation is 1. The lowest BCUT2D eigenvalue weighted by atomic mass is 9.96. The molecule has 1 aliphatic rings. The predicted molar refractivity (Wildman–Crippen MR) is 54.7 cm³/mol. The summed E-state index contributed by atoms with van der Waals surface area (Å²) in [6, 6.07) is 1.96. The molecule has 1 aliphatic carbocycles. The molecule has 0 saturated heterocycles. The second kappa shape index (κ2) is 3.40. The van der Waals surface area contributed by atoms with Crippen molar-refractivity contribution in [2.45, 2.75) is 33.1 Å². The van der Waals surface area contributed by atoms with E-state index in [9.17, 15) is 4.79 Å². The van der Waals surface area contributed by atoms with Crippen LogP contribution >= 0.6 is 0 Å². The summed E-state index contributed by atoms with van der Waals surface area (Å²) in [6.45, 7) is 3.85. The SMILES string of the molecule is CC1=C(n2ccc(C)n2)CCCC1=O. The Labute approximate surface area is 83.4 Å². The molecule has 3 heteroatoms. The van der Waals surface area contributed by atoms with Gasteiger partial charge in [-0.1, -0.05) is 0 Å². The summed E-state index contributed by atoms with van der Waals surface area (Å²) in [5.41, 5.74) is 2.93. The predicted octanol–water partition coefficient (Wildman–Crippen LogP) is 2.18. The number of aromatic nitrogens is 2. The van der Waals surface area contributed by atoms with Crippen molar-refractivity contribution < 1.29 is 4.79 Å². The Hall–Kier alpha value is -1.38. The molecule has 0 aliphatic heterocycles. The van der Waals surface area contributed by atoms with Crippen LogP contribution < -0.4 is 0 Å². The first kappa shape index (κ1) is 9.19. The van der Waals surface area contributed by atoms with Crippen LogP contribution in [0.25, 0.3) is 5.70 Å². The van der Waals surface area contributed by atoms with Gasteiger partial charge in [0.15, 0.2) is 5.78 Å². The molecule has 0 unspecified atom stereocenters. The summed E-state index contributed by atoms with van der Waals surface area (Å²) < 4.78 is 1.84. The van der Waals surface area contributed by atoms with Crippen molar-refractivity contribution in [2.75, 3.05) is 0 Å². The third kappa shape index (κ3) is 1.50. The highest BCUT2D eigenvalue weighted by Crippen LogP contribution is 2.24. The quantitative estimate of drug-likeness (QED) is 0.680. The van der Waals surface area contributed by atoms with Crippen molar-refractivity contribution in [1.29, 1.82) is 0 Å². The number of ketones is 1. The highest BCUT2D eigenvalue weighted by atomic mass is 16.1. The lowest BCUT2D eigenvalue weighted by Crippen LogP contribution is -2.13. The Balaban J connectivity index is 2.42. The molecular formula is C11H14N2O. The van der Waals surface area contributed by atoms with Crippen molar-refractivity contribution in [3.05, 3.63) is 23.5 Å². The van der Waals surface area contributed by atoms with E-state index >= 15 is 0 Å². The summed E-state index contributed by atoms with van der Waals surface area (Å²) in [7, 11) is 0. The van der Waals surface area contributed by atoms with E-state index in [1.165, 1.54) is 0 Å². The molecule has 74 valence electrons. The van der Waals surface area contributed by atoms with Crippen molar-refractivity contribution >= 4 is 11.5 Å². The van der Waals surface area contributed by atoms with Crippen LogP contribution in [-0.4, -0.2) is 15.6 Å². The molecule has 3 nitrogen and oxygen atoms in total. The van der Waals surface area contributed by atoms with Gasteiger partial charge in [0.2, 0.25) is 0 Å². The van der Waals surface area contributed by atoms with Crippen LogP contribution in [0, 0.1) is 6.92 Å². The lowest BCUT2D eigenvalue weighted by molar-refractivity contribution is -0.115. The van der Waals surface area contributed by atoms with Crippen LogP contribution in [0.1, 0.15) is 31.9 Å². The van der Waals surface area contributed by atoms with Gasteiger partial charge in [-0.05, 0) is 32.8 Å². The zero-order chi connectivity index (χ0) is 10.1. The summed E-state index contributed by atoms with van der Waals surface area (Å²) >= 11 is 0. The lowest BCUT2D eigenvalue weighted by Gasteiger charge is -2.16. The van der Waals surface area contributed by atoms with Crippen molar-refractivity contribution in [3.8, 4) is 0 Å². The minimum absolute atomic E-state index is 0.263. The van der Waals surface area contributed by atoms with E-state index in [-0.39, 0.29) is 5.78 Å². The second-order valence-corrected chi connectivity index (χ2v) is 3.75. The van der Waals surface area contributed by atoms with Gasteiger partial charge < -0.3 is 0 Å². The third-order valence-corrected chi connectivity index (χ3v) is 2.67. The Morgan fingerprint density at radius 1 is 1.36 bits per heavy atom. The van der Waals surface area contributed by atoms with Crippen LogP contribution in [0.5, 0.6) is 0 Å². The third-order valence-electron chi connectivity index (χ3n) is 2.67. The average Bonchev–Trinajstić information content (AvgIpc) is 2.57. The summed E-state index contributed by atoms with van der Waals surface area (Å²) in [6.07, 6.45) is 4.52. The zero-order valence-electron chi connectivity index (χ0n) is 8.58. The number of rotatable bonds is 1. The van der Waals surface area contributed by atoms with Crippen LogP contribution in [0.15, 0.2) is 17.8 Å². The fraction of sp³-hybridized carbons (Fsp3) is 0.455. The van der Waals surface area contributed by atoms with Gasteiger partial charge in [-0.25, -0.2) is 4.68 Å². The Bertz CT molecular complexity index is 401. The maximum atomic E-state index is 11.5. The van der Waals surface area contributed by atoms with Crippen LogP contribution in [-0.2, 0) is 4.79 Å². The Morgan fingerprint density at radius 3 is 2.79 bits per heavy atom. The molecule has 1 aromatic rings. The molecule has 0 atom stereocenters. The number of allylic oxidation sites excluding steroid dienone is 2. The maximum Gasteiger partial charge on any atom is 0.160 e. The standard InChI is InChI=1S/C11H14N2O/c1-8-6-7-13(12-8)10-4-3-5-11(14)9(10)2/h6-7H,3-5H2,1-2H3. The molecule has 0 radical (unpaired) electrons. The number of hydrogen-bond donors (Lipinski definition) is 0. The molecule has 0 fully saturated rings. The second-order valence-electron chi connectivity index (χ2n) is 3.75. The Morgan fingerprint density at radius 2 is 2.14 bits per heavy atom. The van der Waals surface area contributed by atoms with E-state index < -0.39 is 0 Å². The number of carbonyl (C=O) groups excluding carboxylic acids is 1. The fourth-order valence-electron chi connectivity index (χ4n) is 1.80. The first-order chi connectivity index (χ1) is 6.68. The minimum atomic E-state index is 0.263. The molecule has 1 aromatic heterocycles. The fourth-order valence-corrected chi connectivity index (χ4v) is 1.80. The van der Waals surface area contributed by atoms with Gasteiger partial charge in [0, 0.05) is 23.9 Å². The molecule has 0 spiro atoms. The minimum Gasteiger partial charge on any atom is -0.294 e. The van der Waals surface area contributed by atoms with Crippen molar-refractivity contribution in [2.24, 2.45) is 0 Å². The van der Waals surface area contributed by atoms with Gasteiger partial charge in [-0.2, -0.15) is 5.10 Å². The average molecular weight is 190 g/mol. The zero-order valence-corrected chi connectivity index (χ0v) is 8.58. The summed E-state index contributed by atoms with van der Waals surface area (Å²) in [5.74, 6) is 0.263. The van der Waals surface area contributed by atoms with Crippen molar-refractivity contribution in [1.82, 2.24) is 9.78 Å². The maximum absolute atomic E-state index is 11.5. The summed E-state index contributed by atoms with van der Waals surface area (Å²) in [5, 5.41) is 4.33. The topological polar surface area (TPSA) is 34.9 Å². The van der Waals surface area contributed by atoms with Crippen LogP contribution in [0.2, 0.25) is 0 Å². The van der Waals surface area contributed by atoms with Crippen molar-refractivity contribution in [3.63, 3.8) is 0 Å². The number of carbonyl (C=O) groups is 1. The van der Waals surface area contributed by atoms with E-state index in [1.807, 2.05) is 30.8 Å². The number of nitrogens with zero attached hydrogens (tertiary/aromatic N) is 2. The first-order valence-electron chi connectivity index (χ1n) is 4.94.